The Balaban J connectivity index is 1.35. The minimum Gasteiger partial charge on any atom is -0.497 e. The van der Waals surface area contributed by atoms with Crippen LogP contribution in [0, 0.1) is 0 Å². The van der Waals surface area contributed by atoms with E-state index in [4.69, 9.17) is 26.4 Å². The molecule has 4 rings (SSSR count). The summed E-state index contributed by atoms with van der Waals surface area (Å²) in [6.07, 6.45) is 1.78. The molecule has 7 nitrogen and oxygen atoms in total. The van der Waals surface area contributed by atoms with E-state index in [1.807, 2.05) is 43.3 Å². The lowest BCUT2D eigenvalue weighted by Gasteiger charge is -2.15. The maximum atomic E-state index is 13.0. The smallest absolute Gasteiger partial charge is 0.270 e. The number of thioether (sulfide) groups is 1. The molecular formula is C27H24N2O5S2. The van der Waals surface area contributed by atoms with E-state index in [1.54, 1.807) is 49.6 Å². The quantitative estimate of drug-likeness (QED) is 0.294. The number of carbonyl (C=O) groups is 2. The third-order valence-corrected chi connectivity index (χ3v) is 6.40. The molecule has 0 unspecified atom stereocenters. The molecule has 0 radical (unpaired) electrons. The van der Waals surface area contributed by atoms with Gasteiger partial charge in [0, 0.05) is 11.8 Å². The third-order valence-electron chi connectivity index (χ3n) is 5.10. The Morgan fingerprint density at radius 1 is 1.00 bits per heavy atom. The zero-order valence-corrected chi connectivity index (χ0v) is 21.4. The second kappa shape index (κ2) is 11.7. The summed E-state index contributed by atoms with van der Waals surface area (Å²) in [5.41, 5.74) is 2.14. The van der Waals surface area contributed by atoms with Crippen LogP contribution >= 0.6 is 24.0 Å². The molecule has 0 bridgehead atoms. The Bertz CT molecular complexity index is 1290. The van der Waals surface area contributed by atoms with E-state index in [9.17, 15) is 9.59 Å². The van der Waals surface area contributed by atoms with Crippen LogP contribution in [0.4, 0.5) is 11.4 Å². The van der Waals surface area contributed by atoms with Crippen molar-refractivity contribution in [3.05, 3.63) is 83.3 Å². The maximum Gasteiger partial charge on any atom is 0.270 e. The second-order valence-corrected chi connectivity index (χ2v) is 9.26. The predicted octanol–water partition coefficient (Wildman–Crippen LogP) is 5.52. The molecule has 1 N–H and O–H groups in total. The molecule has 36 heavy (non-hydrogen) atoms. The van der Waals surface area contributed by atoms with Gasteiger partial charge in [-0.15, -0.1) is 0 Å². The van der Waals surface area contributed by atoms with Crippen LogP contribution in [0.5, 0.6) is 17.2 Å². The van der Waals surface area contributed by atoms with E-state index in [1.165, 1.54) is 16.7 Å². The van der Waals surface area contributed by atoms with Gasteiger partial charge in [-0.25, -0.2) is 0 Å². The summed E-state index contributed by atoms with van der Waals surface area (Å²) in [6.45, 7) is 2.35. The van der Waals surface area contributed by atoms with E-state index in [0.29, 0.717) is 38.7 Å². The first-order valence-corrected chi connectivity index (χ1v) is 12.4. The third kappa shape index (κ3) is 6.24. The van der Waals surface area contributed by atoms with Gasteiger partial charge in [0.25, 0.3) is 11.8 Å². The van der Waals surface area contributed by atoms with E-state index >= 15 is 0 Å². The first-order chi connectivity index (χ1) is 17.5. The summed E-state index contributed by atoms with van der Waals surface area (Å²) < 4.78 is 16.7. The van der Waals surface area contributed by atoms with Crippen molar-refractivity contribution in [2.45, 2.75) is 6.92 Å². The van der Waals surface area contributed by atoms with E-state index in [2.05, 4.69) is 5.32 Å². The molecule has 3 aromatic rings. The van der Waals surface area contributed by atoms with Gasteiger partial charge < -0.3 is 19.5 Å². The van der Waals surface area contributed by atoms with Gasteiger partial charge in [-0.2, -0.15) is 0 Å². The topological polar surface area (TPSA) is 77.1 Å². The van der Waals surface area contributed by atoms with E-state index in [0.717, 1.165) is 11.3 Å². The minimum absolute atomic E-state index is 0.142. The summed E-state index contributed by atoms with van der Waals surface area (Å²) in [6, 6.07) is 21.5. The van der Waals surface area contributed by atoms with Crippen LogP contribution in [0.2, 0.25) is 0 Å². The highest BCUT2D eigenvalue weighted by atomic mass is 32.2. The molecule has 1 heterocycles. The van der Waals surface area contributed by atoms with Crippen molar-refractivity contribution >= 4 is 57.6 Å². The van der Waals surface area contributed by atoms with Crippen molar-refractivity contribution in [1.29, 1.82) is 0 Å². The second-order valence-electron chi connectivity index (χ2n) is 7.58. The van der Waals surface area contributed by atoms with Crippen LogP contribution in [0.3, 0.4) is 0 Å². The summed E-state index contributed by atoms with van der Waals surface area (Å²) in [7, 11) is 1.57. The van der Waals surface area contributed by atoms with Crippen molar-refractivity contribution in [1.82, 2.24) is 0 Å². The largest absolute Gasteiger partial charge is 0.497 e. The number of ether oxygens (including phenoxy) is 3. The van der Waals surface area contributed by atoms with Crippen LogP contribution < -0.4 is 24.4 Å². The van der Waals surface area contributed by atoms with Crippen molar-refractivity contribution in [3.63, 3.8) is 0 Å². The van der Waals surface area contributed by atoms with Gasteiger partial charge in [-0.3, -0.25) is 14.5 Å². The molecule has 9 heteroatoms. The molecule has 0 aliphatic carbocycles. The molecule has 0 saturated carbocycles. The maximum absolute atomic E-state index is 13.0. The zero-order valence-electron chi connectivity index (χ0n) is 19.7. The molecule has 0 spiro atoms. The molecule has 1 aliphatic rings. The molecule has 3 aromatic carbocycles. The number of hydrogen-bond acceptors (Lipinski definition) is 7. The van der Waals surface area contributed by atoms with E-state index < -0.39 is 0 Å². The number of anilines is 2. The Kier molecular flexibility index (Phi) is 8.24. The highest BCUT2D eigenvalue weighted by Crippen LogP contribution is 2.36. The number of methoxy groups -OCH3 is 1. The molecule has 184 valence electrons. The highest BCUT2D eigenvalue weighted by molar-refractivity contribution is 8.27. The highest BCUT2D eigenvalue weighted by Gasteiger charge is 2.33. The Morgan fingerprint density at radius 3 is 2.39 bits per heavy atom. The van der Waals surface area contributed by atoms with Gasteiger partial charge >= 0.3 is 0 Å². The fourth-order valence-electron chi connectivity index (χ4n) is 3.41. The van der Waals surface area contributed by atoms with Crippen LogP contribution in [0.15, 0.2) is 77.7 Å². The predicted molar refractivity (Wildman–Crippen MR) is 147 cm³/mol. The Morgan fingerprint density at radius 2 is 1.69 bits per heavy atom. The fraction of sp³-hybridized carbons (Fsp3) is 0.148. The van der Waals surface area contributed by atoms with Crippen LogP contribution in [-0.4, -0.2) is 36.5 Å². The van der Waals surface area contributed by atoms with Gasteiger partial charge in [0.15, 0.2) is 10.9 Å². The van der Waals surface area contributed by atoms with Gasteiger partial charge in [0.05, 0.1) is 24.3 Å². The number of nitrogens with zero attached hydrogens (tertiary/aromatic N) is 1. The summed E-state index contributed by atoms with van der Waals surface area (Å²) in [4.78, 5) is 27.2. The standard InChI is InChI=1S/C27H24N2O5S2/c1-3-33-21-13-9-20(10-14-21)29-26(31)24(36-27(29)35)15-18-7-11-22(12-8-18)34-17-25(30)28-19-5-4-6-23(16-19)32-2/h4-16H,3,17H2,1-2H3,(H,28,30)/b24-15-. The number of thiocarbonyl (C=S) groups is 1. The lowest BCUT2D eigenvalue weighted by molar-refractivity contribution is -0.118. The summed E-state index contributed by atoms with van der Waals surface area (Å²) >= 11 is 6.70. The van der Waals surface area contributed by atoms with E-state index in [-0.39, 0.29) is 18.4 Å². The summed E-state index contributed by atoms with van der Waals surface area (Å²) in [5.74, 6) is 1.46. The average molecular weight is 521 g/mol. The van der Waals surface area contributed by atoms with Crippen LogP contribution in [0.25, 0.3) is 6.08 Å². The number of nitrogens with one attached hydrogen (secondary N) is 1. The van der Waals surface area contributed by atoms with Crippen molar-refractivity contribution < 1.29 is 23.8 Å². The Hall–Kier alpha value is -3.82. The number of carbonyl (C=O) groups excluding carboxylic acids is 2. The van der Waals surface area contributed by atoms with Crippen LogP contribution in [0.1, 0.15) is 12.5 Å². The first kappa shape index (κ1) is 25.3. The van der Waals surface area contributed by atoms with Crippen molar-refractivity contribution in [3.8, 4) is 17.2 Å². The normalized spacial score (nSPS) is 14.2. The average Bonchev–Trinajstić information content (AvgIpc) is 3.16. The number of hydrogen-bond donors (Lipinski definition) is 1. The van der Waals surface area contributed by atoms with Crippen LogP contribution in [-0.2, 0) is 9.59 Å². The SMILES string of the molecule is CCOc1ccc(N2C(=O)/C(=C/c3ccc(OCC(=O)Nc4cccc(OC)c4)cc3)SC2=S)cc1. The molecule has 1 fully saturated rings. The number of amides is 2. The molecule has 2 amide bonds. The molecule has 0 atom stereocenters. The summed E-state index contributed by atoms with van der Waals surface area (Å²) in [5, 5.41) is 2.76. The lowest BCUT2D eigenvalue weighted by Crippen LogP contribution is -2.27. The zero-order chi connectivity index (χ0) is 25.5. The lowest BCUT2D eigenvalue weighted by atomic mass is 10.2. The molecular weight excluding hydrogens is 496 g/mol. The Labute approximate surface area is 219 Å². The number of rotatable bonds is 9. The van der Waals surface area contributed by atoms with Gasteiger partial charge in [-0.1, -0.05) is 42.2 Å². The minimum atomic E-state index is -0.287. The van der Waals surface area contributed by atoms with Gasteiger partial charge in [-0.05, 0) is 67.1 Å². The van der Waals surface area contributed by atoms with Crippen molar-refractivity contribution in [2.75, 3.05) is 30.5 Å². The molecule has 1 aliphatic heterocycles. The first-order valence-electron chi connectivity index (χ1n) is 11.1. The van der Waals surface area contributed by atoms with Gasteiger partial charge in [0.1, 0.15) is 17.2 Å². The van der Waals surface area contributed by atoms with Crippen molar-refractivity contribution in [2.24, 2.45) is 0 Å². The molecule has 1 saturated heterocycles. The molecule has 0 aromatic heterocycles. The fourth-order valence-corrected chi connectivity index (χ4v) is 4.71. The van der Waals surface area contributed by atoms with Gasteiger partial charge in [0.2, 0.25) is 0 Å². The monoisotopic (exact) mass is 520 g/mol. The number of benzene rings is 3.